The number of ether oxygens (including phenoxy) is 2. The van der Waals surface area contributed by atoms with E-state index in [0.717, 1.165) is 30.9 Å². The normalized spacial score (nSPS) is 37.2. The van der Waals surface area contributed by atoms with Crippen LogP contribution in [0, 0.1) is 0 Å². The van der Waals surface area contributed by atoms with E-state index in [1.807, 2.05) is 25.6 Å². The van der Waals surface area contributed by atoms with Gasteiger partial charge >= 0.3 is 5.97 Å². The molecule has 0 spiro atoms. The van der Waals surface area contributed by atoms with Crippen LogP contribution in [0.25, 0.3) is 0 Å². The third-order valence-corrected chi connectivity index (χ3v) is 4.49. The second-order valence-corrected chi connectivity index (χ2v) is 6.42. The highest BCUT2D eigenvalue weighted by Crippen LogP contribution is 2.22. The number of rotatable bonds is 3. The first kappa shape index (κ1) is 14.2. The molecular weight excluding hydrogens is 250 g/mol. The molecule has 0 aromatic carbocycles. The molecule has 0 bridgehead atoms. The standard InChI is InChI=1S/C13H23NO3S/c1-9-5-12(6-10(2)16-9)17-13(15)7-11-8-18-4-3-14-11/h9-12,14H,3-8H2,1-2H3. The fourth-order valence-corrected chi connectivity index (χ4v) is 3.58. The van der Waals surface area contributed by atoms with Crippen LogP contribution in [-0.4, -0.2) is 48.4 Å². The first-order chi connectivity index (χ1) is 8.63. The lowest BCUT2D eigenvalue weighted by Crippen LogP contribution is -2.41. The van der Waals surface area contributed by atoms with E-state index >= 15 is 0 Å². The Bertz CT molecular complexity index is 271. The molecule has 0 amide bonds. The van der Waals surface area contributed by atoms with Gasteiger partial charge in [-0.2, -0.15) is 11.8 Å². The molecule has 104 valence electrons. The van der Waals surface area contributed by atoms with E-state index < -0.39 is 0 Å². The zero-order valence-corrected chi connectivity index (χ0v) is 12.0. The van der Waals surface area contributed by atoms with Crippen molar-refractivity contribution in [2.24, 2.45) is 0 Å². The maximum atomic E-state index is 11.9. The van der Waals surface area contributed by atoms with Crippen molar-refractivity contribution >= 4 is 17.7 Å². The summed E-state index contributed by atoms with van der Waals surface area (Å²) >= 11 is 1.90. The maximum Gasteiger partial charge on any atom is 0.307 e. The Morgan fingerprint density at radius 2 is 2.11 bits per heavy atom. The van der Waals surface area contributed by atoms with Crippen molar-refractivity contribution in [3.8, 4) is 0 Å². The van der Waals surface area contributed by atoms with Gasteiger partial charge in [0.25, 0.3) is 0 Å². The molecule has 18 heavy (non-hydrogen) atoms. The van der Waals surface area contributed by atoms with Gasteiger partial charge in [-0.15, -0.1) is 0 Å². The fourth-order valence-electron chi connectivity index (χ4n) is 2.63. The number of carbonyl (C=O) groups is 1. The predicted octanol–water partition coefficient (Wildman–Crippen LogP) is 1.58. The molecule has 3 atom stereocenters. The summed E-state index contributed by atoms with van der Waals surface area (Å²) in [6.45, 7) is 5.07. The number of thioether (sulfide) groups is 1. The minimum Gasteiger partial charge on any atom is -0.462 e. The molecule has 4 nitrogen and oxygen atoms in total. The van der Waals surface area contributed by atoms with Gasteiger partial charge in [0.2, 0.25) is 0 Å². The van der Waals surface area contributed by atoms with Crippen LogP contribution in [-0.2, 0) is 14.3 Å². The SMILES string of the molecule is CC1CC(OC(=O)CC2CSCCN2)CC(C)O1. The summed E-state index contributed by atoms with van der Waals surface area (Å²) in [7, 11) is 0. The number of carbonyl (C=O) groups excluding carboxylic acids is 1. The van der Waals surface area contributed by atoms with Crippen molar-refractivity contribution < 1.29 is 14.3 Å². The van der Waals surface area contributed by atoms with E-state index in [2.05, 4.69) is 5.32 Å². The summed E-state index contributed by atoms with van der Waals surface area (Å²) in [6.07, 6.45) is 2.55. The van der Waals surface area contributed by atoms with Crippen molar-refractivity contribution in [3.63, 3.8) is 0 Å². The van der Waals surface area contributed by atoms with Crippen LogP contribution in [0.5, 0.6) is 0 Å². The topological polar surface area (TPSA) is 47.6 Å². The molecule has 5 heteroatoms. The lowest BCUT2D eigenvalue weighted by molar-refractivity contribution is -0.160. The van der Waals surface area contributed by atoms with Gasteiger partial charge in [-0.3, -0.25) is 4.79 Å². The summed E-state index contributed by atoms with van der Waals surface area (Å²) in [4.78, 5) is 11.9. The molecule has 0 aromatic rings. The molecule has 1 N–H and O–H groups in total. The molecule has 0 radical (unpaired) electrons. The van der Waals surface area contributed by atoms with E-state index in [1.54, 1.807) is 0 Å². The van der Waals surface area contributed by atoms with Crippen LogP contribution in [0.15, 0.2) is 0 Å². The minimum absolute atomic E-state index is 0.0347. The predicted molar refractivity (Wildman–Crippen MR) is 72.9 cm³/mol. The largest absolute Gasteiger partial charge is 0.462 e. The van der Waals surface area contributed by atoms with Gasteiger partial charge in [-0.05, 0) is 13.8 Å². The van der Waals surface area contributed by atoms with Crippen LogP contribution in [0.4, 0.5) is 0 Å². The molecular formula is C13H23NO3S. The molecule has 2 aliphatic heterocycles. The number of hydrogen-bond acceptors (Lipinski definition) is 5. The van der Waals surface area contributed by atoms with Gasteiger partial charge in [0, 0.05) is 36.9 Å². The highest BCUT2D eigenvalue weighted by atomic mass is 32.2. The summed E-state index contributed by atoms with van der Waals surface area (Å²) in [5.41, 5.74) is 0. The van der Waals surface area contributed by atoms with Crippen molar-refractivity contribution in [2.45, 2.75) is 57.5 Å². The first-order valence-corrected chi connectivity index (χ1v) is 7.95. The lowest BCUT2D eigenvalue weighted by atomic mass is 10.0. The molecule has 3 unspecified atom stereocenters. The summed E-state index contributed by atoms with van der Waals surface area (Å²) in [6, 6.07) is 0.283. The second kappa shape index (κ2) is 6.78. The molecule has 0 saturated carbocycles. The zero-order chi connectivity index (χ0) is 13.0. The third kappa shape index (κ3) is 4.44. The first-order valence-electron chi connectivity index (χ1n) is 6.79. The smallest absolute Gasteiger partial charge is 0.307 e. The van der Waals surface area contributed by atoms with Crippen LogP contribution in [0.3, 0.4) is 0 Å². The molecule has 2 saturated heterocycles. The summed E-state index contributed by atoms with van der Waals surface area (Å²) in [5, 5.41) is 3.36. The number of hydrogen-bond donors (Lipinski definition) is 1. The summed E-state index contributed by atoms with van der Waals surface area (Å²) in [5.74, 6) is 2.08. The van der Waals surface area contributed by atoms with Crippen LogP contribution in [0.1, 0.15) is 33.1 Å². The average Bonchev–Trinajstić information content (AvgIpc) is 2.28. The highest BCUT2D eigenvalue weighted by Gasteiger charge is 2.28. The highest BCUT2D eigenvalue weighted by molar-refractivity contribution is 7.99. The third-order valence-electron chi connectivity index (χ3n) is 3.36. The van der Waals surface area contributed by atoms with Gasteiger partial charge in [0.1, 0.15) is 6.10 Å². The second-order valence-electron chi connectivity index (χ2n) is 5.27. The Morgan fingerprint density at radius 3 is 2.72 bits per heavy atom. The Labute approximate surface area is 113 Å². The Kier molecular flexibility index (Phi) is 5.33. The maximum absolute atomic E-state index is 11.9. The Hall–Kier alpha value is -0.260. The lowest BCUT2D eigenvalue weighted by Gasteiger charge is -2.32. The van der Waals surface area contributed by atoms with Crippen LogP contribution < -0.4 is 5.32 Å². The van der Waals surface area contributed by atoms with E-state index in [1.165, 1.54) is 0 Å². The van der Waals surface area contributed by atoms with Crippen molar-refractivity contribution in [1.82, 2.24) is 5.32 Å². The van der Waals surface area contributed by atoms with Gasteiger partial charge < -0.3 is 14.8 Å². The van der Waals surface area contributed by atoms with Crippen molar-refractivity contribution in [1.29, 1.82) is 0 Å². The Morgan fingerprint density at radius 1 is 1.39 bits per heavy atom. The van der Waals surface area contributed by atoms with Crippen molar-refractivity contribution in [3.05, 3.63) is 0 Å². The molecule has 0 aromatic heterocycles. The number of nitrogens with one attached hydrogen (secondary N) is 1. The molecule has 2 aliphatic rings. The molecule has 2 fully saturated rings. The number of esters is 1. The van der Waals surface area contributed by atoms with E-state index in [-0.39, 0.29) is 30.3 Å². The van der Waals surface area contributed by atoms with E-state index in [9.17, 15) is 4.79 Å². The molecule has 2 heterocycles. The average molecular weight is 273 g/mol. The zero-order valence-electron chi connectivity index (χ0n) is 11.2. The van der Waals surface area contributed by atoms with E-state index in [0.29, 0.717) is 6.42 Å². The summed E-state index contributed by atoms with van der Waals surface area (Å²) < 4.78 is 11.2. The van der Waals surface area contributed by atoms with Crippen LogP contribution >= 0.6 is 11.8 Å². The molecule has 0 aliphatic carbocycles. The Balaban J connectivity index is 1.72. The van der Waals surface area contributed by atoms with Crippen molar-refractivity contribution in [2.75, 3.05) is 18.1 Å². The molecule has 2 rings (SSSR count). The quantitative estimate of drug-likeness (QED) is 0.791. The van der Waals surface area contributed by atoms with Gasteiger partial charge in [-0.1, -0.05) is 0 Å². The van der Waals surface area contributed by atoms with Gasteiger partial charge in [0.15, 0.2) is 0 Å². The van der Waals surface area contributed by atoms with Gasteiger partial charge in [-0.25, -0.2) is 0 Å². The monoisotopic (exact) mass is 273 g/mol. The van der Waals surface area contributed by atoms with Crippen LogP contribution in [0.2, 0.25) is 0 Å². The van der Waals surface area contributed by atoms with Gasteiger partial charge in [0.05, 0.1) is 18.6 Å². The minimum atomic E-state index is -0.0682. The fraction of sp³-hybridized carbons (Fsp3) is 0.923. The van der Waals surface area contributed by atoms with E-state index in [4.69, 9.17) is 9.47 Å².